The molecule has 0 aliphatic carbocycles. The van der Waals surface area contributed by atoms with Crippen LogP contribution in [0.25, 0.3) is 0 Å². The van der Waals surface area contributed by atoms with E-state index in [4.69, 9.17) is 11.2 Å². The Hall–Kier alpha value is -3.37. The molecule has 0 saturated carbocycles. The number of carbonyl (C=O) groups is 1. The summed E-state index contributed by atoms with van der Waals surface area (Å²) in [5.41, 5.74) is 1.19. The number of benzene rings is 2. The molecule has 0 spiro atoms. The Morgan fingerprint density at radius 3 is 2.00 bits per heavy atom. The van der Waals surface area contributed by atoms with Crippen LogP contribution in [0.1, 0.15) is 15.9 Å². The van der Waals surface area contributed by atoms with E-state index in [9.17, 15) is 4.79 Å². The molecule has 3 heteroatoms. The fourth-order valence-electron chi connectivity index (χ4n) is 1.68. The number of halogens is 1. The van der Waals surface area contributed by atoms with Crippen LogP contribution >= 0.6 is 15.9 Å². The highest BCUT2D eigenvalue weighted by Gasteiger charge is 2.08. The predicted octanol–water partition coefficient (Wildman–Crippen LogP) is 3.66. The SMILES string of the molecule is C#CC#CC#CC#COc1ccc(C(=O)c2ccc(Br)cc2)cc1. The molecule has 0 saturated heterocycles. The first-order chi connectivity index (χ1) is 11.7. The Morgan fingerprint density at radius 1 is 0.833 bits per heavy atom. The van der Waals surface area contributed by atoms with Crippen molar-refractivity contribution < 1.29 is 9.53 Å². The van der Waals surface area contributed by atoms with E-state index in [-0.39, 0.29) is 5.78 Å². The van der Waals surface area contributed by atoms with Gasteiger partial charge in [0.25, 0.3) is 0 Å². The second kappa shape index (κ2) is 8.92. The lowest BCUT2D eigenvalue weighted by Crippen LogP contribution is -2.00. The van der Waals surface area contributed by atoms with Gasteiger partial charge in [-0.05, 0) is 66.3 Å². The standard InChI is InChI=1S/C21H9BrO2/c1-2-3-4-5-6-7-16-24-20-14-10-18(11-15-20)21(23)17-8-12-19(22)13-9-17/h1,8-15H. The van der Waals surface area contributed by atoms with Crippen LogP contribution < -0.4 is 4.74 Å². The molecule has 112 valence electrons. The fourth-order valence-corrected chi connectivity index (χ4v) is 1.95. The summed E-state index contributed by atoms with van der Waals surface area (Å²) >= 11 is 3.34. The number of ketones is 1. The zero-order valence-corrected chi connectivity index (χ0v) is 14.0. The van der Waals surface area contributed by atoms with Crippen LogP contribution in [0.5, 0.6) is 5.75 Å². The van der Waals surface area contributed by atoms with Crippen LogP contribution in [-0.4, -0.2) is 5.78 Å². The summed E-state index contributed by atoms with van der Waals surface area (Å²) in [5.74, 6) is 14.8. The van der Waals surface area contributed by atoms with Crippen LogP contribution in [0.4, 0.5) is 0 Å². The van der Waals surface area contributed by atoms with Gasteiger partial charge < -0.3 is 4.74 Å². The number of carbonyl (C=O) groups excluding carboxylic acids is 1. The van der Waals surface area contributed by atoms with Crippen molar-refractivity contribution >= 4 is 21.7 Å². The van der Waals surface area contributed by atoms with E-state index in [0.717, 1.165) is 4.47 Å². The third-order valence-corrected chi connectivity index (χ3v) is 3.29. The number of hydrogen-bond acceptors (Lipinski definition) is 2. The van der Waals surface area contributed by atoms with Gasteiger partial charge in [-0.2, -0.15) is 0 Å². The van der Waals surface area contributed by atoms with Crippen LogP contribution in [-0.2, 0) is 0 Å². The maximum absolute atomic E-state index is 12.3. The summed E-state index contributed by atoms with van der Waals surface area (Å²) < 4.78 is 6.12. The molecule has 2 aromatic carbocycles. The maximum atomic E-state index is 12.3. The van der Waals surface area contributed by atoms with Gasteiger partial charge in [0, 0.05) is 33.4 Å². The summed E-state index contributed by atoms with van der Waals surface area (Å²) in [5, 5.41) is 0. The first kappa shape index (κ1) is 17.0. The van der Waals surface area contributed by atoms with Gasteiger partial charge in [0.15, 0.2) is 5.78 Å². The molecule has 24 heavy (non-hydrogen) atoms. The van der Waals surface area contributed by atoms with Crippen molar-refractivity contribution in [2.24, 2.45) is 0 Å². The Balaban J connectivity index is 2.01. The number of ether oxygens (including phenoxy) is 1. The maximum Gasteiger partial charge on any atom is 0.193 e. The quantitative estimate of drug-likeness (QED) is 0.607. The smallest absolute Gasteiger partial charge is 0.193 e. The second-order valence-corrected chi connectivity index (χ2v) is 5.25. The predicted molar refractivity (Wildman–Crippen MR) is 96.8 cm³/mol. The van der Waals surface area contributed by atoms with Gasteiger partial charge >= 0.3 is 0 Å². The van der Waals surface area contributed by atoms with Crippen molar-refractivity contribution in [2.75, 3.05) is 0 Å². The van der Waals surface area contributed by atoms with Crippen molar-refractivity contribution in [1.82, 2.24) is 0 Å². The summed E-state index contributed by atoms with van der Waals surface area (Å²) in [4.78, 5) is 12.3. The molecule has 0 aliphatic rings. The largest absolute Gasteiger partial charge is 0.407 e. The lowest BCUT2D eigenvalue weighted by atomic mass is 10.0. The van der Waals surface area contributed by atoms with Crippen LogP contribution in [0, 0.1) is 48.1 Å². The highest BCUT2D eigenvalue weighted by Crippen LogP contribution is 2.17. The molecular weight excluding hydrogens is 364 g/mol. The van der Waals surface area contributed by atoms with Crippen molar-refractivity contribution in [3.63, 3.8) is 0 Å². The van der Waals surface area contributed by atoms with E-state index < -0.39 is 0 Å². The molecule has 2 aromatic rings. The van der Waals surface area contributed by atoms with E-state index >= 15 is 0 Å². The molecule has 0 unspecified atom stereocenters. The van der Waals surface area contributed by atoms with Crippen LogP contribution in [0.2, 0.25) is 0 Å². The highest BCUT2D eigenvalue weighted by molar-refractivity contribution is 9.10. The third kappa shape index (κ3) is 5.12. The minimum atomic E-state index is -0.0573. The Labute approximate surface area is 149 Å². The van der Waals surface area contributed by atoms with E-state index in [2.05, 4.69) is 57.6 Å². The first-order valence-corrected chi connectivity index (χ1v) is 7.53. The van der Waals surface area contributed by atoms with Gasteiger partial charge in [0.1, 0.15) is 11.9 Å². The van der Waals surface area contributed by atoms with Gasteiger partial charge in [-0.15, -0.1) is 6.42 Å². The molecule has 0 N–H and O–H groups in total. The molecule has 0 heterocycles. The lowest BCUT2D eigenvalue weighted by Gasteiger charge is -2.02. The topological polar surface area (TPSA) is 26.3 Å². The molecule has 2 rings (SSSR count). The van der Waals surface area contributed by atoms with Crippen LogP contribution in [0.15, 0.2) is 53.0 Å². The molecule has 0 atom stereocenters. The second-order valence-electron chi connectivity index (χ2n) is 4.33. The van der Waals surface area contributed by atoms with E-state index in [1.807, 2.05) is 12.1 Å². The number of hydrogen-bond donors (Lipinski definition) is 0. The first-order valence-electron chi connectivity index (χ1n) is 6.73. The lowest BCUT2D eigenvalue weighted by molar-refractivity contribution is 0.103. The van der Waals surface area contributed by atoms with Gasteiger partial charge in [0.05, 0.1) is 0 Å². The van der Waals surface area contributed by atoms with Crippen molar-refractivity contribution in [3.8, 4) is 53.8 Å². The van der Waals surface area contributed by atoms with E-state index in [1.165, 1.54) is 0 Å². The van der Waals surface area contributed by atoms with Gasteiger partial charge in [-0.25, -0.2) is 0 Å². The number of terminal acetylenes is 1. The molecule has 0 aliphatic heterocycles. The molecule has 0 fully saturated rings. The van der Waals surface area contributed by atoms with Crippen molar-refractivity contribution in [1.29, 1.82) is 0 Å². The molecule has 0 radical (unpaired) electrons. The fraction of sp³-hybridized carbons (Fsp3) is 0. The number of rotatable bonds is 3. The Bertz CT molecular complexity index is 959. The zero-order valence-electron chi connectivity index (χ0n) is 12.4. The normalized spacial score (nSPS) is 8.17. The summed E-state index contributed by atoms with van der Waals surface area (Å²) in [6, 6.07) is 13.9. The van der Waals surface area contributed by atoms with Crippen LogP contribution in [0.3, 0.4) is 0 Å². The molecule has 2 nitrogen and oxygen atoms in total. The van der Waals surface area contributed by atoms with E-state index in [0.29, 0.717) is 16.9 Å². The highest BCUT2D eigenvalue weighted by atomic mass is 79.9. The van der Waals surface area contributed by atoms with Gasteiger partial charge in [0.2, 0.25) is 0 Å². The summed E-state index contributed by atoms with van der Waals surface area (Å²) in [6.45, 7) is 0. The Kier molecular flexibility index (Phi) is 6.32. The van der Waals surface area contributed by atoms with E-state index in [1.54, 1.807) is 36.4 Å². The molecule has 0 bridgehead atoms. The average Bonchev–Trinajstić information content (AvgIpc) is 2.61. The molecular formula is C21H9BrO2. The summed E-state index contributed by atoms with van der Waals surface area (Å²) in [6.07, 6.45) is 7.38. The zero-order chi connectivity index (χ0) is 17.2. The molecule has 0 aromatic heterocycles. The van der Waals surface area contributed by atoms with Crippen molar-refractivity contribution in [3.05, 3.63) is 64.1 Å². The minimum absolute atomic E-state index is 0.0573. The average molecular weight is 373 g/mol. The van der Waals surface area contributed by atoms with Crippen molar-refractivity contribution in [2.45, 2.75) is 0 Å². The Morgan fingerprint density at radius 2 is 1.38 bits per heavy atom. The third-order valence-electron chi connectivity index (χ3n) is 2.76. The van der Waals surface area contributed by atoms with Gasteiger partial charge in [-0.1, -0.05) is 15.9 Å². The monoisotopic (exact) mass is 372 g/mol. The minimum Gasteiger partial charge on any atom is -0.407 e. The summed E-state index contributed by atoms with van der Waals surface area (Å²) in [7, 11) is 0. The molecule has 0 amide bonds. The van der Waals surface area contributed by atoms with Gasteiger partial charge in [-0.3, -0.25) is 4.79 Å².